The Bertz CT molecular complexity index is 866. The van der Waals surface area contributed by atoms with Crippen molar-refractivity contribution in [3.8, 4) is 11.5 Å². The van der Waals surface area contributed by atoms with E-state index < -0.39 is 24.4 Å². The minimum Gasteiger partial charge on any atom is -0.457 e. The van der Waals surface area contributed by atoms with Crippen LogP contribution in [0.25, 0.3) is 0 Å². The van der Waals surface area contributed by atoms with E-state index in [0.29, 0.717) is 35.7 Å². The van der Waals surface area contributed by atoms with E-state index in [1.807, 2.05) is 36.4 Å². The number of benzene rings is 2. The average molecular weight is 396 g/mol. The lowest BCUT2D eigenvalue weighted by Gasteiger charge is -2.27. The molecule has 0 saturated carbocycles. The first kappa shape index (κ1) is 20.4. The van der Waals surface area contributed by atoms with Crippen LogP contribution in [0.3, 0.4) is 0 Å². The molecule has 3 rings (SSSR count). The van der Waals surface area contributed by atoms with E-state index in [4.69, 9.17) is 9.47 Å². The van der Waals surface area contributed by atoms with Crippen LogP contribution in [0.15, 0.2) is 48.5 Å². The van der Waals surface area contributed by atoms with Crippen molar-refractivity contribution in [2.24, 2.45) is 0 Å². The molecule has 1 N–H and O–H groups in total. The maximum atomic E-state index is 12.9. The smallest absolute Gasteiger partial charge is 0.318 e. The highest BCUT2D eigenvalue weighted by Gasteiger charge is 2.34. The van der Waals surface area contributed by atoms with Gasteiger partial charge in [-0.1, -0.05) is 36.4 Å². The molecule has 7 heteroatoms. The predicted octanol–water partition coefficient (Wildman–Crippen LogP) is 2.45. The van der Waals surface area contributed by atoms with Crippen LogP contribution in [0.2, 0.25) is 0 Å². The predicted molar refractivity (Wildman–Crippen MR) is 107 cm³/mol. The zero-order valence-electron chi connectivity index (χ0n) is 16.5. The Kier molecular flexibility index (Phi) is 6.49. The Hall–Kier alpha value is -3.35. The summed E-state index contributed by atoms with van der Waals surface area (Å²) in [5, 5.41) is 2.65. The second-order valence-corrected chi connectivity index (χ2v) is 6.58. The number of amides is 2. The van der Waals surface area contributed by atoms with Crippen molar-refractivity contribution in [1.82, 2.24) is 10.2 Å². The van der Waals surface area contributed by atoms with Gasteiger partial charge in [-0.2, -0.15) is 0 Å². The number of fused-ring (bicyclic) bond motifs is 2. The van der Waals surface area contributed by atoms with Crippen LogP contribution in [0.1, 0.15) is 30.9 Å². The van der Waals surface area contributed by atoms with Crippen LogP contribution in [0.4, 0.5) is 0 Å². The molecular formula is C22H24N2O5. The molecule has 0 aliphatic carbocycles. The lowest BCUT2D eigenvalue weighted by Crippen LogP contribution is -2.42. The molecule has 0 saturated heterocycles. The first-order valence-corrected chi connectivity index (χ1v) is 9.62. The topological polar surface area (TPSA) is 84.9 Å². The molecule has 0 radical (unpaired) electrons. The molecule has 0 atom stereocenters. The number of likely N-dealkylation sites (N-methyl/N-ethyl adjacent to an activating group) is 2. The van der Waals surface area contributed by atoms with Gasteiger partial charge in [-0.25, -0.2) is 0 Å². The Labute approximate surface area is 169 Å². The third kappa shape index (κ3) is 4.56. The first-order valence-electron chi connectivity index (χ1n) is 9.62. The SMILES string of the molecule is CCNC(=O)CN(CC)C(=O)COC(=O)C1c2ccccc2Oc2ccccc21. The Morgan fingerprint density at radius 2 is 1.59 bits per heavy atom. The maximum Gasteiger partial charge on any atom is 0.318 e. The van der Waals surface area contributed by atoms with Crippen LogP contribution in [-0.2, 0) is 19.1 Å². The maximum absolute atomic E-state index is 12.9. The van der Waals surface area contributed by atoms with Crippen LogP contribution in [0.5, 0.6) is 11.5 Å². The quantitative estimate of drug-likeness (QED) is 0.727. The zero-order valence-corrected chi connectivity index (χ0v) is 16.5. The minimum atomic E-state index is -0.678. The molecule has 2 amide bonds. The summed E-state index contributed by atoms with van der Waals surface area (Å²) in [6.45, 7) is 3.92. The summed E-state index contributed by atoms with van der Waals surface area (Å²) in [7, 11) is 0. The average Bonchev–Trinajstić information content (AvgIpc) is 2.74. The van der Waals surface area contributed by atoms with Crippen molar-refractivity contribution < 1.29 is 23.9 Å². The molecule has 152 valence electrons. The lowest BCUT2D eigenvalue weighted by atomic mass is 9.88. The Balaban J connectivity index is 1.73. The van der Waals surface area contributed by atoms with Crippen molar-refractivity contribution in [3.05, 3.63) is 59.7 Å². The van der Waals surface area contributed by atoms with E-state index in [1.165, 1.54) is 4.90 Å². The van der Waals surface area contributed by atoms with Crippen molar-refractivity contribution in [3.63, 3.8) is 0 Å². The van der Waals surface area contributed by atoms with Crippen molar-refractivity contribution in [1.29, 1.82) is 0 Å². The molecule has 1 aliphatic heterocycles. The van der Waals surface area contributed by atoms with Crippen molar-refractivity contribution >= 4 is 17.8 Å². The molecule has 1 aliphatic rings. The fourth-order valence-electron chi connectivity index (χ4n) is 3.27. The van der Waals surface area contributed by atoms with Gasteiger partial charge in [-0.3, -0.25) is 14.4 Å². The third-order valence-electron chi connectivity index (χ3n) is 4.70. The van der Waals surface area contributed by atoms with E-state index in [1.54, 1.807) is 26.0 Å². The summed E-state index contributed by atoms with van der Waals surface area (Å²) in [6.07, 6.45) is 0. The third-order valence-corrected chi connectivity index (χ3v) is 4.70. The van der Waals surface area contributed by atoms with Gasteiger partial charge in [-0.05, 0) is 26.0 Å². The molecule has 2 aromatic carbocycles. The fourth-order valence-corrected chi connectivity index (χ4v) is 3.27. The second-order valence-electron chi connectivity index (χ2n) is 6.58. The molecule has 0 aromatic heterocycles. The number of nitrogens with zero attached hydrogens (tertiary/aromatic N) is 1. The molecule has 0 bridgehead atoms. The van der Waals surface area contributed by atoms with Crippen LogP contribution < -0.4 is 10.1 Å². The summed E-state index contributed by atoms with van der Waals surface area (Å²) >= 11 is 0. The van der Waals surface area contributed by atoms with Gasteiger partial charge in [0.1, 0.15) is 17.4 Å². The summed E-state index contributed by atoms with van der Waals surface area (Å²) in [5.74, 6) is -0.697. The number of carbonyl (C=O) groups excluding carboxylic acids is 3. The van der Waals surface area contributed by atoms with E-state index >= 15 is 0 Å². The summed E-state index contributed by atoms with van der Waals surface area (Å²) in [6, 6.07) is 14.5. The van der Waals surface area contributed by atoms with Gasteiger partial charge >= 0.3 is 5.97 Å². The largest absolute Gasteiger partial charge is 0.457 e. The number of ether oxygens (including phenoxy) is 2. The van der Waals surface area contributed by atoms with Crippen LogP contribution in [-0.4, -0.2) is 48.9 Å². The van der Waals surface area contributed by atoms with Crippen LogP contribution in [0, 0.1) is 0 Å². The van der Waals surface area contributed by atoms with E-state index in [-0.39, 0.29) is 12.5 Å². The van der Waals surface area contributed by atoms with Crippen LogP contribution >= 0.6 is 0 Å². The zero-order chi connectivity index (χ0) is 20.8. The molecule has 1 heterocycles. The van der Waals surface area contributed by atoms with E-state index in [2.05, 4.69) is 5.32 Å². The summed E-state index contributed by atoms with van der Waals surface area (Å²) in [4.78, 5) is 38.5. The van der Waals surface area contributed by atoms with Crippen molar-refractivity contribution in [2.75, 3.05) is 26.2 Å². The number of rotatable bonds is 7. The number of hydrogen-bond donors (Lipinski definition) is 1. The number of para-hydroxylation sites is 2. The Morgan fingerprint density at radius 3 is 2.14 bits per heavy atom. The molecular weight excluding hydrogens is 372 g/mol. The minimum absolute atomic E-state index is 0.0658. The number of esters is 1. The Morgan fingerprint density at radius 1 is 1.00 bits per heavy atom. The van der Waals surface area contributed by atoms with Gasteiger partial charge < -0.3 is 19.7 Å². The lowest BCUT2D eigenvalue weighted by molar-refractivity contribution is -0.153. The first-order chi connectivity index (χ1) is 14.0. The van der Waals surface area contributed by atoms with Gasteiger partial charge in [-0.15, -0.1) is 0 Å². The molecule has 7 nitrogen and oxygen atoms in total. The number of carbonyl (C=O) groups is 3. The summed E-state index contributed by atoms with van der Waals surface area (Å²) in [5.41, 5.74) is 1.39. The van der Waals surface area contributed by atoms with Gasteiger partial charge in [0.05, 0.1) is 6.54 Å². The molecule has 0 unspecified atom stereocenters. The molecule has 29 heavy (non-hydrogen) atoms. The highest BCUT2D eigenvalue weighted by Crippen LogP contribution is 2.44. The molecule has 2 aromatic rings. The monoisotopic (exact) mass is 396 g/mol. The number of nitrogens with one attached hydrogen (secondary N) is 1. The highest BCUT2D eigenvalue weighted by molar-refractivity contribution is 5.89. The van der Waals surface area contributed by atoms with Gasteiger partial charge in [0.15, 0.2) is 6.61 Å². The highest BCUT2D eigenvalue weighted by atomic mass is 16.5. The van der Waals surface area contributed by atoms with Gasteiger partial charge in [0, 0.05) is 24.2 Å². The van der Waals surface area contributed by atoms with Gasteiger partial charge in [0.2, 0.25) is 5.91 Å². The molecule has 0 fully saturated rings. The van der Waals surface area contributed by atoms with E-state index in [0.717, 1.165) is 0 Å². The van der Waals surface area contributed by atoms with Crippen molar-refractivity contribution in [2.45, 2.75) is 19.8 Å². The molecule has 0 spiro atoms. The fraction of sp³-hybridized carbons (Fsp3) is 0.318. The number of hydrogen-bond acceptors (Lipinski definition) is 5. The second kappa shape index (κ2) is 9.23. The standard InChI is InChI=1S/C22H24N2O5/c1-3-23-19(25)13-24(4-2)20(26)14-28-22(27)21-15-9-5-7-11-17(15)29-18-12-8-6-10-16(18)21/h5-12,21H,3-4,13-14H2,1-2H3,(H,23,25). The van der Waals surface area contributed by atoms with Gasteiger partial charge in [0.25, 0.3) is 5.91 Å². The summed E-state index contributed by atoms with van der Waals surface area (Å²) < 4.78 is 11.2. The van der Waals surface area contributed by atoms with E-state index in [9.17, 15) is 14.4 Å². The normalized spacial score (nSPS) is 12.2.